The first-order valence-corrected chi connectivity index (χ1v) is 7.05. The summed E-state index contributed by atoms with van der Waals surface area (Å²) in [5, 5.41) is 12.3. The van der Waals surface area contributed by atoms with E-state index in [9.17, 15) is 4.79 Å². The van der Waals surface area contributed by atoms with Crippen molar-refractivity contribution in [2.75, 3.05) is 5.32 Å². The highest BCUT2D eigenvalue weighted by Gasteiger charge is 2.08. The van der Waals surface area contributed by atoms with Gasteiger partial charge < -0.3 is 10.4 Å². The van der Waals surface area contributed by atoms with Crippen molar-refractivity contribution in [2.24, 2.45) is 0 Å². The molecule has 0 atom stereocenters. The lowest BCUT2D eigenvalue weighted by molar-refractivity contribution is 0.0697. The molecule has 0 aliphatic rings. The zero-order valence-corrected chi connectivity index (χ0v) is 12.5. The molecule has 0 fully saturated rings. The van der Waals surface area contributed by atoms with Crippen LogP contribution in [0.1, 0.15) is 10.4 Å². The zero-order valence-electron chi connectivity index (χ0n) is 11.8. The Hall–Kier alpha value is -2.99. The number of rotatable bonds is 4. The molecule has 0 radical (unpaired) electrons. The molecule has 0 spiro atoms. The predicted octanol–water partition coefficient (Wildman–Crippen LogP) is 3.63. The molecule has 3 aromatic rings. The van der Waals surface area contributed by atoms with E-state index in [1.807, 2.05) is 6.07 Å². The van der Waals surface area contributed by atoms with Crippen LogP contribution in [-0.2, 0) is 0 Å². The van der Waals surface area contributed by atoms with E-state index in [0.29, 0.717) is 28.0 Å². The summed E-state index contributed by atoms with van der Waals surface area (Å²) < 4.78 is 0. The fourth-order valence-corrected chi connectivity index (χ4v) is 2.22. The van der Waals surface area contributed by atoms with E-state index >= 15 is 0 Å². The fraction of sp³-hybridized carbons (Fsp3) is 0. The highest BCUT2D eigenvalue weighted by Crippen LogP contribution is 2.25. The molecule has 114 valence electrons. The van der Waals surface area contributed by atoms with Crippen molar-refractivity contribution in [1.29, 1.82) is 0 Å². The number of benzene rings is 1. The Morgan fingerprint density at radius 1 is 1.09 bits per heavy atom. The van der Waals surface area contributed by atoms with Crippen LogP contribution in [0.25, 0.3) is 11.3 Å². The Morgan fingerprint density at radius 2 is 1.96 bits per heavy atom. The summed E-state index contributed by atoms with van der Waals surface area (Å²) in [6.45, 7) is 0. The van der Waals surface area contributed by atoms with Crippen molar-refractivity contribution in [3.8, 4) is 11.3 Å². The number of carboxylic acid groups (broad SMARTS) is 1. The van der Waals surface area contributed by atoms with E-state index < -0.39 is 5.97 Å². The minimum absolute atomic E-state index is 0.182. The Morgan fingerprint density at radius 3 is 2.74 bits per heavy atom. The Balaban J connectivity index is 1.90. The minimum Gasteiger partial charge on any atom is -0.478 e. The fourth-order valence-electron chi connectivity index (χ4n) is 2.01. The third-order valence-electron chi connectivity index (χ3n) is 3.06. The Kier molecular flexibility index (Phi) is 4.16. The van der Waals surface area contributed by atoms with Gasteiger partial charge in [-0.05, 0) is 36.4 Å². The Labute approximate surface area is 136 Å². The Bertz CT molecular complexity index is 870. The highest BCUT2D eigenvalue weighted by molar-refractivity contribution is 6.32. The van der Waals surface area contributed by atoms with Crippen LogP contribution in [0.5, 0.6) is 0 Å². The van der Waals surface area contributed by atoms with E-state index in [1.54, 1.807) is 36.7 Å². The van der Waals surface area contributed by atoms with Crippen LogP contribution in [0.15, 0.2) is 54.9 Å². The lowest BCUT2D eigenvalue weighted by atomic mass is 10.2. The molecule has 7 heteroatoms. The maximum Gasteiger partial charge on any atom is 0.335 e. The van der Waals surface area contributed by atoms with Gasteiger partial charge in [0.25, 0.3) is 0 Å². The van der Waals surface area contributed by atoms with E-state index in [1.165, 1.54) is 12.1 Å². The van der Waals surface area contributed by atoms with Gasteiger partial charge in [0, 0.05) is 23.6 Å². The van der Waals surface area contributed by atoms with Gasteiger partial charge in [-0.3, -0.25) is 0 Å². The molecule has 3 rings (SSSR count). The quantitative estimate of drug-likeness (QED) is 0.712. The largest absolute Gasteiger partial charge is 0.478 e. The van der Waals surface area contributed by atoms with E-state index in [4.69, 9.17) is 16.7 Å². The standard InChI is InChI=1S/C16H11ClN4O2/c17-14-12(5-2-7-18-14)13-6-8-19-16(21-13)20-11-4-1-3-10(9-11)15(22)23/h1-9H,(H,22,23)(H,19,20,21). The van der Waals surface area contributed by atoms with E-state index in [0.717, 1.165) is 0 Å². The summed E-state index contributed by atoms with van der Waals surface area (Å²) in [5.41, 5.74) is 2.08. The van der Waals surface area contributed by atoms with E-state index in [2.05, 4.69) is 20.3 Å². The molecule has 0 aliphatic carbocycles. The number of pyridine rings is 1. The van der Waals surface area contributed by atoms with Crippen molar-refractivity contribution in [3.05, 3.63) is 65.6 Å². The molecule has 0 bridgehead atoms. The monoisotopic (exact) mass is 326 g/mol. The average molecular weight is 327 g/mol. The second-order valence-corrected chi connectivity index (χ2v) is 4.98. The molecule has 0 unspecified atom stereocenters. The van der Waals surface area contributed by atoms with Gasteiger partial charge >= 0.3 is 5.97 Å². The van der Waals surface area contributed by atoms with Crippen LogP contribution in [0.3, 0.4) is 0 Å². The molecular weight excluding hydrogens is 316 g/mol. The number of anilines is 2. The minimum atomic E-state index is -0.995. The van der Waals surface area contributed by atoms with Gasteiger partial charge in [-0.1, -0.05) is 17.7 Å². The molecule has 0 aliphatic heterocycles. The summed E-state index contributed by atoms with van der Waals surface area (Å²) in [5.74, 6) is -0.657. The second-order valence-electron chi connectivity index (χ2n) is 4.62. The van der Waals surface area contributed by atoms with Gasteiger partial charge in [0.2, 0.25) is 5.95 Å². The molecule has 2 heterocycles. The molecule has 6 nitrogen and oxygen atoms in total. The summed E-state index contributed by atoms with van der Waals surface area (Å²) in [7, 11) is 0. The van der Waals surface area contributed by atoms with Crippen molar-refractivity contribution in [1.82, 2.24) is 15.0 Å². The molecule has 0 amide bonds. The van der Waals surface area contributed by atoms with Crippen molar-refractivity contribution in [3.63, 3.8) is 0 Å². The molecule has 1 aromatic carbocycles. The average Bonchev–Trinajstić information content (AvgIpc) is 2.56. The summed E-state index contributed by atoms with van der Waals surface area (Å²) >= 11 is 6.07. The molecule has 2 aromatic heterocycles. The number of nitrogens with one attached hydrogen (secondary N) is 1. The lowest BCUT2D eigenvalue weighted by Gasteiger charge is -2.08. The van der Waals surface area contributed by atoms with Crippen LogP contribution < -0.4 is 5.32 Å². The molecule has 23 heavy (non-hydrogen) atoms. The van der Waals surface area contributed by atoms with Gasteiger partial charge in [-0.25, -0.2) is 19.7 Å². The van der Waals surface area contributed by atoms with Crippen LogP contribution in [0, 0.1) is 0 Å². The van der Waals surface area contributed by atoms with Crippen LogP contribution in [0.4, 0.5) is 11.6 Å². The number of carbonyl (C=O) groups is 1. The van der Waals surface area contributed by atoms with Gasteiger partial charge in [0.1, 0.15) is 5.15 Å². The van der Waals surface area contributed by atoms with Crippen molar-refractivity contribution < 1.29 is 9.90 Å². The summed E-state index contributed by atoms with van der Waals surface area (Å²) in [4.78, 5) is 23.5. The first-order chi connectivity index (χ1) is 11.1. The van der Waals surface area contributed by atoms with Crippen LogP contribution >= 0.6 is 11.6 Å². The zero-order chi connectivity index (χ0) is 16.2. The topological polar surface area (TPSA) is 88.0 Å². The summed E-state index contributed by atoms with van der Waals surface area (Å²) in [6, 6.07) is 11.7. The SMILES string of the molecule is O=C(O)c1cccc(Nc2nccc(-c3cccnc3Cl)n2)c1. The van der Waals surface area contributed by atoms with Gasteiger partial charge in [-0.15, -0.1) is 0 Å². The normalized spacial score (nSPS) is 10.3. The maximum absolute atomic E-state index is 11.0. The van der Waals surface area contributed by atoms with Crippen LogP contribution in [0.2, 0.25) is 5.15 Å². The molecule has 2 N–H and O–H groups in total. The van der Waals surface area contributed by atoms with Gasteiger partial charge in [0.05, 0.1) is 11.3 Å². The number of halogens is 1. The maximum atomic E-state index is 11.0. The summed E-state index contributed by atoms with van der Waals surface area (Å²) in [6.07, 6.45) is 3.19. The second kappa shape index (κ2) is 6.41. The number of aromatic carboxylic acids is 1. The van der Waals surface area contributed by atoms with Crippen LogP contribution in [-0.4, -0.2) is 26.0 Å². The smallest absolute Gasteiger partial charge is 0.335 e. The molecule has 0 saturated carbocycles. The van der Waals surface area contributed by atoms with Crippen molar-refractivity contribution >= 4 is 29.2 Å². The lowest BCUT2D eigenvalue weighted by Crippen LogP contribution is -2.01. The van der Waals surface area contributed by atoms with Gasteiger partial charge in [0.15, 0.2) is 0 Å². The first-order valence-electron chi connectivity index (χ1n) is 6.68. The predicted molar refractivity (Wildman–Crippen MR) is 87.0 cm³/mol. The highest BCUT2D eigenvalue weighted by atomic mass is 35.5. The third kappa shape index (κ3) is 3.44. The number of aromatic nitrogens is 3. The molecule has 0 saturated heterocycles. The number of nitrogens with zero attached hydrogens (tertiary/aromatic N) is 3. The number of hydrogen-bond acceptors (Lipinski definition) is 5. The molecular formula is C16H11ClN4O2. The third-order valence-corrected chi connectivity index (χ3v) is 3.36. The number of carboxylic acids is 1. The number of hydrogen-bond donors (Lipinski definition) is 2. The van der Waals surface area contributed by atoms with E-state index in [-0.39, 0.29) is 5.56 Å². The van der Waals surface area contributed by atoms with Crippen molar-refractivity contribution in [2.45, 2.75) is 0 Å². The van der Waals surface area contributed by atoms with Gasteiger partial charge in [-0.2, -0.15) is 0 Å². The first kappa shape index (κ1) is 14.9.